The molecular weight excluding hydrogens is 314 g/mol. The predicted molar refractivity (Wildman–Crippen MR) is 97.9 cm³/mol. The average molecular weight is 341 g/mol. The zero-order valence-electron chi connectivity index (χ0n) is 15.3. The van der Waals surface area contributed by atoms with Gasteiger partial charge in [-0.2, -0.15) is 0 Å². The molecule has 5 nitrogen and oxygen atoms in total. The molecule has 3 rings (SSSR count). The Kier molecular flexibility index (Phi) is 5.41. The fourth-order valence-electron chi connectivity index (χ4n) is 3.63. The monoisotopic (exact) mass is 341 g/mol. The molecule has 0 bridgehead atoms. The highest BCUT2D eigenvalue weighted by atomic mass is 16.5. The first-order valence-electron chi connectivity index (χ1n) is 9.02. The predicted octanol–water partition coefficient (Wildman–Crippen LogP) is 3.42. The van der Waals surface area contributed by atoms with Gasteiger partial charge < -0.3 is 14.2 Å². The third-order valence-corrected chi connectivity index (χ3v) is 4.95. The maximum Gasteiger partial charge on any atom is 0.224 e. The van der Waals surface area contributed by atoms with Crippen LogP contribution in [0.5, 0.6) is 5.75 Å². The molecule has 2 heterocycles. The first-order valence-corrected chi connectivity index (χ1v) is 9.02. The number of imidazole rings is 1. The Bertz CT molecular complexity index is 723. The number of amides is 1. The van der Waals surface area contributed by atoms with Crippen molar-refractivity contribution in [3.63, 3.8) is 0 Å². The molecule has 1 fully saturated rings. The van der Waals surface area contributed by atoms with E-state index in [0.717, 1.165) is 31.1 Å². The van der Waals surface area contributed by atoms with E-state index in [1.807, 2.05) is 35.5 Å². The van der Waals surface area contributed by atoms with Crippen molar-refractivity contribution >= 4 is 5.91 Å². The number of methoxy groups -OCH3 is 1. The summed E-state index contributed by atoms with van der Waals surface area (Å²) in [4.78, 5) is 19.0. The number of benzene rings is 1. The molecule has 0 unspecified atom stereocenters. The molecule has 0 aliphatic carbocycles. The molecule has 1 saturated heterocycles. The van der Waals surface area contributed by atoms with Crippen molar-refractivity contribution < 1.29 is 9.53 Å². The summed E-state index contributed by atoms with van der Waals surface area (Å²) in [5.74, 6) is 2.91. The van der Waals surface area contributed by atoms with Gasteiger partial charge in [-0.3, -0.25) is 4.79 Å². The molecule has 0 radical (unpaired) electrons. The third kappa shape index (κ3) is 3.86. The number of aryl methyl sites for hydroxylation is 1. The molecule has 134 valence electrons. The van der Waals surface area contributed by atoms with E-state index in [-0.39, 0.29) is 5.91 Å². The van der Waals surface area contributed by atoms with Crippen molar-refractivity contribution in [2.45, 2.75) is 45.1 Å². The van der Waals surface area contributed by atoms with E-state index in [4.69, 9.17) is 4.74 Å². The highest BCUT2D eigenvalue weighted by Gasteiger charge is 2.28. The van der Waals surface area contributed by atoms with Crippen LogP contribution in [0, 0.1) is 0 Å². The van der Waals surface area contributed by atoms with E-state index >= 15 is 0 Å². The molecule has 1 aliphatic rings. The van der Waals surface area contributed by atoms with Crippen LogP contribution in [0.3, 0.4) is 0 Å². The van der Waals surface area contributed by atoms with Gasteiger partial charge >= 0.3 is 0 Å². The van der Waals surface area contributed by atoms with Gasteiger partial charge in [-0.05, 0) is 18.1 Å². The van der Waals surface area contributed by atoms with Crippen molar-refractivity contribution in [2.24, 2.45) is 0 Å². The van der Waals surface area contributed by atoms with Gasteiger partial charge in [-0.1, -0.05) is 32.0 Å². The van der Waals surface area contributed by atoms with Crippen LogP contribution in [0.4, 0.5) is 0 Å². The standard InChI is InChI=1S/C20H27N3O2/c1-15(2)20-21-10-13-22(20)12-9-19(24)23-11-8-16(14-23)17-6-4-5-7-18(17)25-3/h4-7,10,13,15-16H,8-9,11-12,14H2,1-3H3/t16-/m1/s1. The SMILES string of the molecule is COc1ccccc1[C@@H]1CCN(C(=O)CCn2ccnc2C(C)C)C1. The van der Waals surface area contributed by atoms with Gasteiger partial charge in [0.05, 0.1) is 7.11 Å². The quantitative estimate of drug-likeness (QED) is 0.809. The lowest BCUT2D eigenvalue weighted by molar-refractivity contribution is -0.130. The minimum Gasteiger partial charge on any atom is -0.496 e. The second kappa shape index (κ2) is 7.72. The van der Waals surface area contributed by atoms with Crippen LogP contribution in [0.2, 0.25) is 0 Å². The maximum absolute atomic E-state index is 12.6. The Morgan fingerprint density at radius 3 is 2.92 bits per heavy atom. The summed E-state index contributed by atoms with van der Waals surface area (Å²) in [6.07, 6.45) is 5.29. The Morgan fingerprint density at radius 2 is 2.16 bits per heavy atom. The van der Waals surface area contributed by atoms with E-state index in [9.17, 15) is 4.79 Å². The molecular formula is C20H27N3O2. The van der Waals surface area contributed by atoms with E-state index < -0.39 is 0 Å². The number of rotatable bonds is 6. The van der Waals surface area contributed by atoms with Crippen molar-refractivity contribution in [2.75, 3.05) is 20.2 Å². The molecule has 1 aliphatic heterocycles. The number of para-hydroxylation sites is 1. The normalized spacial score (nSPS) is 17.3. The molecule has 0 saturated carbocycles. The summed E-state index contributed by atoms with van der Waals surface area (Å²) in [6.45, 7) is 6.54. The fourth-order valence-corrected chi connectivity index (χ4v) is 3.63. The zero-order chi connectivity index (χ0) is 17.8. The average Bonchev–Trinajstić information content (AvgIpc) is 3.29. The third-order valence-electron chi connectivity index (χ3n) is 4.95. The van der Waals surface area contributed by atoms with Gasteiger partial charge in [0.2, 0.25) is 5.91 Å². The van der Waals surface area contributed by atoms with Gasteiger partial charge in [0.1, 0.15) is 11.6 Å². The number of ether oxygens (including phenoxy) is 1. The summed E-state index contributed by atoms with van der Waals surface area (Å²) in [5, 5.41) is 0. The summed E-state index contributed by atoms with van der Waals surface area (Å²) in [7, 11) is 1.70. The van der Waals surface area contributed by atoms with Gasteiger partial charge in [-0.15, -0.1) is 0 Å². The lowest BCUT2D eigenvalue weighted by atomic mass is 9.97. The molecule has 2 aromatic rings. The Hall–Kier alpha value is -2.30. The smallest absolute Gasteiger partial charge is 0.224 e. The van der Waals surface area contributed by atoms with Crippen LogP contribution in [-0.4, -0.2) is 40.6 Å². The molecule has 1 amide bonds. The van der Waals surface area contributed by atoms with E-state index in [1.165, 1.54) is 5.56 Å². The molecule has 5 heteroatoms. The number of hydrogen-bond donors (Lipinski definition) is 0. The van der Waals surface area contributed by atoms with Gasteiger partial charge in [0.15, 0.2) is 0 Å². The summed E-state index contributed by atoms with van der Waals surface area (Å²) in [6, 6.07) is 8.12. The summed E-state index contributed by atoms with van der Waals surface area (Å²) in [5.41, 5.74) is 1.21. The number of carbonyl (C=O) groups excluding carboxylic acids is 1. The molecule has 25 heavy (non-hydrogen) atoms. The van der Waals surface area contributed by atoms with Crippen molar-refractivity contribution in [3.05, 3.63) is 48.0 Å². The first kappa shape index (κ1) is 17.5. The van der Waals surface area contributed by atoms with Crippen molar-refractivity contribution in [1.29, 1.82) is 0 Å². The van der Waals surface area contributed by atoms with Crippen LogP contribution in [0.15, 0.2) is 36.7 Å². The Labute approximate surface area is 149 Å². The van der Waals surface area contributed by atoms with Crippen LogP contribution < -0.4 is 4.74 Å². The van der Waals surface area contributed by atoms with Gasteiger partial charge in [0, 0.05) is 50.3 Å². The largest absolute Gasteiger partial charge is 0.496 e. The van der Waals surface area contributed by atoms with Gasteiger partial charge in [-0.25, -0.2) is 4.98 Å². The van der Waals surface area contributed by atoms with E-state index in [1.54, 1.807) is 7.11 Å². The number of hydrogen-bond acceptors (Lipinski definition) is 3. The summed E-state index contributed by atoms with van der Waals surface area (Å²) >= 11 is 0. The molecule has 0 N–H and O–H groups in total. The topological polar surface area (TPSA) is 47.4 Å². The first-order chi connectivity index (χ1) is 12.1. The Morgan fingerprint density at radius 1 is 1.36 bits per heavy atom. The molecule has 1 aromatic heterocycles. The molecule has 1 atom stereocenters. The molecule has 1 aromatic carbocycles. The number of aromatic nitrogens is 2. The van der Waals surface area contributed by atoms with Crippen LogP contribution >= 0.6 is 0 Å². The van der Waals surface area contributed by atoms with Crippen LogP contribution in [0.1, 0.15) is 49.9 Å². The highest BCUT2D eigenvalue weighted by Crippen LogP contribution is 2.33. The van der Waals surface area contributed by atoms with Gasteiger partial charge in [0.25, 0.3) is 0 Å². The number of nitrogens with zero attached hydrogens (tertiary/aromatic N) is 3. The second-order valence-corrected chi connectivity index (χ2v) is 6.95. The zero-order valence-corrected chi connectivity index (χ0v) is 15.3. The van der Waals surface area contributed by atoms with E-state index in [2.05, 4.69) is 29.5 Å². The minimum atomic E-state index is 0.223. The summed E-state index contributed by atoms with van der Waals surface area (Å²) < 4.78 is 7.57. The lowest BCUT2D eigenvalue weighted by Gasteiger charge is -2.18. The number of likely N-dealkylation sites (tertiary alicyclic amines) is 1. The second-order valence-electron chi connectivity index (χ2n) is 6.95. The lowest BCUT2D eigenvalue weighted by Crippen LogP contribution is -2.29. The minimum absolute atomic E-state index is 0.223. The maximum atomic E-state index is 12.6. The highest BCUT2D eigenvalue weighted by molar-refractivity contribution is 5.76. The van der Waals surface area contributed by atoms with Crippen LogP contribution in [0.25, 0.3) is 0 Å². The Balaban J connectivity index is 1.58. The number of carbonyl (C=O) groups is 1. The van der Waals surface area contributed by atoms with Crippen molar-refractivity contribution in [1.82, 2.24) is 14.5 Å². The van der Waals surface area contributed by atoms with Crippen molar-refractivity contribution in [3.8, 4) is 5.75 Å². The van der Waals surface area contributed by atoms with Crippen LogP contribution in [-0.2, 0) is 11.3 Å². The van der Waals surface area contributed by atoms with E-state index in [0.29, 0.717) is 24.8 Å². The molecule has 0 spiro atoms. The fraction of sp³-hybridized carbons (Fsp3) is 0.500.